The summed E-state index contributed by atoms with van der Waals surface area (Å²) in [5, 5.41) is 1.49. The van der Waals surface area contributed by atoms with E-state index in [1.54, 1.807) is 26.3 Å². The Bertz CT molecular complexity index is 1580. The monoisotopic (exact) mass is 468 g/mol. The first-order valence-corrected chi connectivity index (χ1v) is 11.2. The maximum absolute atomic E-state index is 13.0. The molecule has 33 heavy (non-hydrogen) atoms. The van der Waals surface area contributed by atoms with Crippen molar-refractivity contribution >= 4 is 33.8 Å². The lowest BCUT2D eigenvalue weighted by molar-refractivity contribution is 0.414. The number of hydrogen-bond acceptors (Lipinski definition) is 8. The van der Waals surface area contributed by atoms with Crippen molar-refractivity contribution in [3.05, 3.63) is 66.9 Å². The number of thioether (sulfide) groups is 1. The molecule has 0 unspecified atom stereocenters. The molecule has 1 aromatic carbocycles. The van der Waals surface area contributed by atoms with Crippen LogP contribution in [0.2, 0.25) is 0 Å². The molecule has 0 aliphatic rings. The number of fused-ring (bicyclic) bond motifs is 2. The smallest absolute Gasteiger partial charge is 0.336 e. The molecule has 172 valence electrons. The minimum Gasteiger partial charge on any atom is -0.497 e. The van der Waals surface area contributed by atoms with Crippen LogP contribution in [0.4, 0.5) is 0 Å². The molecule has 4 aromatic rings. The van der Waals surface area contributed by atoms with Crippen molar-refractivity contribution in [1.82, 2.24) is 19.1 Å². The molecule has 0 N–H and O–H groups in total. The number of nitrogens with zero attached hydrogens (tertiary/aromatic N) is 4. The van der Waals surface area contributed by atoms with Crippen molar-refractivity contribution in [3.8, 4) is 5.75 Å². The Balaban J connectivity index is 1.90. The molecule has 4 rings (SSSR count). The quantitative estimate of drug-likeness (QED) is 0.256. The molecule has 0 saturated heterocycles. The summed E-state index contributed by atoms with van der Waals surface area (Å²) in [4.78, 5) is 46.9. The fourth-order valence-corrected chi connectivity index (χ4v) is 4.48. The summed E-state index contributed by atoms with van der Waals surface area (Å²) in [6.07, 6.45) is 0. The highest BCUT2D eigenvalue weighted by Crippen LogP contribution is 2.31. The molecule has 0 saturated carbocycles. The van der Waals surface area contributed by atoms with Gasteiger partial charge >= 0.3 is 11.3 Å². The van der Waals surface area contributed by atoms with E-state index in [9.17, 15) is 14.4 Å². The van der Waals surface area contributed by atoms with Crippen LogP contribution in [-0.2, 0) is 25.3 Å². The van der Waals surface area contributed by atoms with E-state index in [1.807, 2.05) is 26.8 Å². The Morgan fingerprint density at radius 1 is 1.06 bits per heavy atom. The van der Waals surface area contributed by atoms with Crippen molar-refractivity contribution < 1.29 is 9.15 Å². The van der Waals surface area contributed by atoms with E-state index in [4.69, 9.17) is 14.1 Å². The Morgan fingerprint density at radius 2 is 1.79 bits per heavy atom. The Morgan fingerprint density at radius 3 is 2.45 bits per heavy atom. The number of aromatic nitrogens is 4. The van der Waals surface area contributed by atoms with Gasteiger partial charge < -0.3 is 9.15 Å². The maximum Gasteiger partial charge on any atom is 0.336 e. The first-order valence-electron chi connectivity index (χ1n) is 10.2. The molecule has 0 radical (unpaired) electrons. The van der Waals surface area contributed by atoms with E-state index in [1.165, 1.54) is 29.4 Å². The fourth-order valence-electron chi connectivity index (χ4n) is 3.47. The van der Waals surface area contributed by atoms with Crippen LogP contribution < -0.4 is 21.6 Å². The summed E-state index contributed by atoms with van der Waals surface area (Å²) >= 11 is 1.31. The molecule has 0 aliphatic carbocycles. The summed E-state index contributed by atoms with van der Waals surface area (Å²) < 4.78 is 13.0. The predicted octanol–water partition coefficient (Wildman–Crippen LogP) is 2.73. The van der Waals surface area contributed by atoms with Crippen LogP contribution in [0.3, 0.4) is 0 Å². The average molecular weight is 469 g/mol. The minimum atomic E-state index is -0.479. The van der Waals surface area contributed by atoms with E-state index < -0.39 is 22.3 Å². The molecule has 0 aliphatic heterocycles. The summed E-state index contributed by atoms with van der Waals surface area (Å²) in [7, 11) is 4.56. The molecule has 10 heteroatoms. The van der Waals surface area contributed by atoms with Crippen LogP contribution >= 0.6 is 11.8 Å². The van der Waals surface area contributed by atoms with E-state index in [0.717, 1.165) is 15.5 Å². The zero-order chi connectivity index (χ0) is 24.1. The molecule has 0 fully saturated rings. The third kappa shape index (κ3) is 4.06. The topological polar surface area (TPSA) is 109 Å². The second-order valence-electron chi connectivity index (χ2n) is 8.75. The molecule has 0 atom stereocenters. The van der Waals surface area contributed by atoms with Gasteiger partial charge in [0.1, 0.15) is 27.6 Å². The number of aryl methyl sites for hydroxylation is 1. The van der Waals surface area contributed by atoms with E-state index in [-0.39, 0.29) is 11.0 Å². The SMILES string of the molecule is COc1ccc2c(CSc3nc(C(C)(C)C)nc4c3c(=O)n(C)c(=O)n4C)cc(=O)oc2c1. The maximum atomic E-state index is 13.0. The summed E-state index contributed by atoms with van der Waals surface area (Å²) in [6, 6.07) is 6.71. The Hall–Kier alpha value is -3.40. The molecular weight excluding hydrogens is 444 g/mol. The second kappa shape index (κ2) is 8.18. The third-order valence-corrected chi connectivity index (χ3v) is 6.36. The zero-order valence-electron chi connectivity index (χ0n) is 19.3. The normalized spacial score (nSPS) is 11.9. The first kappa shape index (κ1) is 22.8. The third-order valence-electron chi connectivity index (χ3n) is 5.34. The molecule has 9 nitrogen and oxygen atoms in total. The fraction of sp³-hybridized carbons (Fsp3) is 0.348. The van der Waals surface area contributed by atoms with E-state index >= 15 is 0 Å². The van der Waals surface area contributed by atoms with Crippen LogP contribution in [0, 0.1) is 0 Å². The summed E-state index contributed by atoms with van der Waals surface area (Å²) in [5.74, 6) is 1.45. The summed E-state index contributed by atoms with van der Waals surface area (Å²) in [5.41, 5.74) is -0.364. The number of benzene rings is 1. The van der Waals surface area contributed by atoms with Crippen molar-refractivity contribution in [2.24, 2.45) is 14.1 Å². The number of hydrogen-bond donors (Lipinski definition) is 0. The summed E-state index contributed by atoms with van der Waals surface area (Å²) in [6.45, 7) is 5.89. The van der Waals surface area contributed by atoms with Crippen molar-refractivity contribution in [2.75, 3.05) is 7.11 Å². The number of methoxy groups -OCH3 is 1. The molecule has 0 spiro atoms. The molecule has 0 amide bonds. The highest BCUT2D eigenvalue weighted by molar-refractivity contribution is 7.98. The molecule has 3 heterocycles. The minimum absolute atomic E-state index is 0.270. The standard InChI is InChI=1S/C23H24N4O5S/c1-23(2,3)21-24-18-17(20(29)27(5)22(30)26(18)4)19(25-21)33-11-12-9-16(28)32-15-10-13(31-6)7-8-14(12)15/h7-10H,11H2,1-6H3. The Labute approximate surface area is 193 Å². The first-order chi connectivity index (χ1) is 15.5. The van der Waals surface area contributed by atoms with Crippen LogP contribution in [0.15, 0.2) is 48.1 Å². The van der Waals surface area contributed by atoms with Crippen LogP contribution in [-0.4, -0.2) is 26.2 Å². The molecular formula is C23H24N4O5S. The van der Waals surface area contributed by atoms with Gasteiger partial charge in [-0.15, -0.1) is 11.8 Å². The van der Waals surface area contributed by atoms with Gasteiger partial charge in [0.05, 0.1) is 7.11 Å². The van der Waals surface area contributed by atoms with Gasteiger partial charge in [-0.25, -0.2) is 19.6 Å². The predicted molar refractivity (Wildman–Crippen MR) is 127 cm³/mol. The van der Waals surface area contributed by atoms with E-state index in [0.29, 0.717) is 27.9 Å². The lowest BCUT2D eigenvalue weighted by Crippen LogP contribution is -2.38. The van der Waals surface area contributed by atoms with Gasteiger partial charge in [-0.05, 0) is 17.7 Å². The highest BCUT2D eigenvalue weighted by Gasteiger charge is 2.24. The van der Waals surface area contributed by atoms with E-state index in [2.05, 4.69) is 4.98 Å². The zero-order valence-corrected chi connectivity index (χ0v) is 20.1. The van der Waals surface area contributed by atoms with Crippen LogP contribution in [0.5, 0.6) is 5.75 Å². The van der Waals surface area contributed by atoms with Gasteiger partial charge in [0.15, 0.2) is 5.65 Å². The molecule has 0 bridgehead atoms. The Kier molecular flexibility index (Phi) is 5.65. The largest absolute Gasteiger partial charge is 0.497 e. The van der Waals surface area contributed by atoms with Crippen molar-refractivity contribution in [3.63, 3.8) is 0 Å². The number of rotatable bonds is 4. The van der Waals surface area contributed by atoms with Crippen LogP contribution in [0.25, 0.3) is 22.0 Å². The van der Waals surface area contributed by atoms with Gasteiger partial charge in [-0.2, -0.15) is 0 Å². The van der Waals surface area contributed by atoms with Gasteiger partial charge in [-0.3, -0.25) is 13.9 Å². The lowest BCUT2D eigenvalue weighted by Gasteiger charge is -2.19. The van der Waals surface area contributed by atoms with Crippen molar-refractivity contribution in [2.45, 2.75) is 37.0 Å². The van der Waals surface area contributed by atoms with Gasteiger partial charge in [0.2, 0.25) is 0 Å². The highest BCUT2D eigenvalue weighted by atomic mass is 32.2. The van der Waals surface area contributed by atoms with Crippen LogP contribution in [0.1, 0.15) is 32.2 Å². The van der Waals surface area contributed by atoms with Crippen molar-refractivity contribution in [1.29, 1.82) is 0 Å². The lowest BCUT2D eigenvalue weighted by atomic mass is 9.96. The van der Waals surface area contributed by atoms with Gasteiger partial charge in [0, 0.05) is 42.8 Å². The second-order valence-corrected chi connectivity index (χ2v) is 9.71. The molecule has 3 aromatic heterocycles. The van der Waals surface area contributed by atoms with Gasteiger partial charge in [-0.1, -0.05) is 20.8 Å². The number of ether oxygens (including phenoxy) is 1. The van der Waals surface area contributed by atoms with Gasteiger partial charge in [0.25, 0.3) is 5.56 Å². The average Bonchev–Trinajstić information content (AvgIpc) is 2.77.